The minimum Gasteiger partial charge on any atom is -0.484 e. The molecule has 6 nitrogen and oxygen atoms in total. The summed E-state index contributed by atoms with van der Waals surface area (Å²) < 4.78 is 5.39. The first-order valence-electron chi connectivity index (χ1n) is 8.80. The Kier molecular flexibility index (Phi) is 6.43. The molecule has 0 saturated heterocycles. The molecular weight excluding hydrogens is 394 g/mol. The minimum absolute atomic E-state index is 0.0528. The fourth-order valence-electron chi connectivity index (χ4n) is 2.61. The third-order valence-corrected chi connectivity index (χ3v) is 5.63. The SMILES string of the molecule is CCNC(=O)COc1ccc(C(=O)Nc2nc(-c3cc(C)sc3C)cs2)cc1. The lowest BCUT2D eigenvalue weighted by Gasteiger charge is -2.07. The van der Waals surface area contributed by atoms with Gasteiger partial charge in [-0.3, -0.25) is 14.9 Å². The van der Waals surface area contributed by atoms with Crippen LogP contribution in [0.1, 0.15) is 27.0 Å². The van der Waals surface area contributed by atoms with Crippen LogP contribution in [0, 0.1) is 13.8 Å². The number of anilines is 1. The average Bonchev–Trinajstić information content (AvgIpc) is 3.26. The molecule has 146 valence electrons. The quantitative estimate of drug-likeness (QED) is 0.604. The van der Waals surface area contributed by atoms with Crippen LogP contribution in [-0.4, -0.2) is 29.9 Å². The van der Waals surface area contributed by atoms with Crippen LogP contribution >= 0.6 is 22.7 Å². The lowest BCUT2D eigenvalue weighted by Crippen LogP contribution is -2.28. The second kappa shape index (κ2) is 8.99. The fraction of sp³-hybridized carbons (Fsp3) is 0.250. The normalized spacial score (nSPS) is 10.5. The molecule has 3 rings (SSSR count). The maximum atomic E-state index is 12.4. The van der Waals surface area contributed by atoms with Crippen molar-refractivity contribution in [2.75, 3.05) is 18.5 Å². The third kappa shape index (κ3) is 4.96. The first-order valence-corrected chi connectivity index (χ1v) is 10.5. The summed E-state index contributed by atoms with van der Waals surface area (Å²) in [5, 5.41) is 7.99. The van der Waals surface area contributed by atoms with Gasteiger partial charge in [0.05, 0.1) is 5.69 Å². The summed E-state index contributed by atoms with van der Waals surface area (Å²) in [5.74, 6) is 0.108. The number of ether oxygens (including phenoxy) is 1. The summed E-state index contributed by atoms with van der Waals surface area (Å²) in [5.41, 5.74) is 2.47. The Morgan fingerprint density at radius 3 is 2.57 bits per heavy atom. The number of hydrogen-bond acceptors (Lipinski definition) is 6. The van der Waals surface area contributed by atoms with E-state index in [9.17, 15) is 9.59 Å². The van der Waals surface area contributed by atoms with Crippen molar-refractivity contribution in [3.63, 3.8) is 0 Å². The van der Waals surface area contributed by atoms with E-state index in [-0.39, 0.29) is 18.4 Å². The van der Waals surface area contributed by atoms with Crippen LogP contribution in [-0.2, 0) is 4.79 Å². The molecule has 0 atom stereocenters. The van der Waals surface area contributed by atoms with E-state index < -0.39 is 0 Å². The van der Waals surface area contributed by atoms with E-state index >= 15 is 0 Å². The topological polar surface area (TPSA) is 80.3 Å². The van der Waals surface area contributed by atoms with Crippen LogP contribution < -0.4 is 15.4 Å². The molecule has 0 fully saturated rings. The van der Waals surface area contributed by atoms with Crippen LogP contribution in [0.2, 0.25) is 0 Å². The highest BCUT2D eigenvalue weighted by Gasteiger charge is 2.13. The number of carbonyl (C=O) groups is 2. The summed E-state index contributed by atoms with van der Waals surface area (Å²) in [4.78, 5) is 30.8. The van der Waals surface area contributed by atoms with E-state index in [0.29, 0.717) is 23.0 Å². The molecule has 28 heavy (non-hydrogen) atoms. The van der Waals surface area contributed by atoms with E-state index in [2.05, 4.69) is 35.5 Å². The number of amides is 2. The Bertz CT molecular complexity index is 977. The van der Waals surface area contributed by atoms with Gasteiger partial charge in [0.25, 0.3) is 11.8 Å². The fourth-order valence-corrected chi connectivity index (χ4v) is 4.25. The third-order valence-electron chi connectivity index (χ3n) is 3.90. The van der Waals surface area contributed by atoms with Gasteiger partial charge in [-0.2, -0.15) is 0 Å². The zero-order valence-corrected chi connectivity index (χ0v) is 17.5. The van der Waals surface area contributed by atoms with Crippen molar-refractivity contribution in [1.29, 1.82) is 0 Å². The number of likely N-dealkylation sites (N-methyl/N-ethyl adjacent to an activating group) is 1. The Balaban J connectivity index is 1.60. The van der Waals surface area contributed by atoms with E-state index in [1.165, 1.54) is 21.1 Å². The predicted octanol–water partition coefficient (Wildman–Crippen LogP) is 4.26. The zero-order chi connectivity index (χ0) is 20.1. The van der Waals surface area contributed by atoms with Gasteiger partial charge in [0.15, 0.2) is 11.7 Å². The van der Waals surface area contributed by atoms with Gasteiger partial charge in [-0.25, -0.2) is 4.98 Å². The van der Waals surface area contributed by atoms with Crippen LogP contribution in [0.3, 0.4) is 0 Å². The van der Waals surface area contributed by atoms with Gasteiger partial charge in [-0.1, -0.05) is 0 Å². The van der Waals surface area contributed by atoms with Crippen molar-refractivity contribution in [2.24, 2.45) is 0 Å². The number of carbonyl (C=O) groups excluding carboxylic acids is 2. The highest BCUT2D eigenvalue weighted by Crippen LogP contribution is 2.32. The molecule has 2 heterocycles. The molecule has 0 aliphatic rings. The lowest BCUT2D eigenvalue weighted by atomic mass is 10.2. The molecular formula is C20H21N3O3S2. The monoisotopic (exact) mass is 415 g/mol. The highest BCUT2D eigenvalue weighted by molar-refractivity contribution is 7.14. The minimum atomic E-state index is -0.241. The van der Waals surface area contributed by atoms with Crippen LogP contribution in [0.4, 0.5) is 5.13 Å². The van der Waals surface area contributed by atoms with E-state index in [1.807, 2.05) is 12.3 Å². The van der Waals surface area contributed by atoms with Crippen LogP contribution in [0.25, 0.3) is 11.3 Å². The maximum absolute atomic E-state index is 12.4. The largest absolute Gasteiger partial charge is 0.484 e. The first kappa shape index (κ1) is 20.0. The number of nitrogens with zero attached hydrogens (tertiary/aromatic N) is 1. The Morgan fingerprint density at radius 2 is 1.93 bits per heavy atom. The van der Waals surface area contributed by atoms with Gasteiger partial charge < -0.3 is 10.1 Å². The summed E-state index contributed by atoms with van der Waals surface area (Å²) in [7, 11) is 0. The molecule has 0 saturated carbocycles. The van der Waals surface area contributed by atoms with Crippen molar-refractivity contribution in [2.45, 2.75) is 20.8 Å². The zero-order valence-electron chi connectivity index (χ0n) is 15.9. The van der Waals surface area contributed by atoms with Crippen molar-refractivity contribution in [3.05, 3.63) is 51.0 Å². The molecule has 1 aromatic carbocycles. The molecule has 0 spiro atoms. The molecule has 0 unspecified atom stereocenters. The molecule has 0 aliphatic carbocycles. The second-order valence-corrected chi connectivity index (χ2v) is 8.40. The summed E-state index contributed by atoms with van der Waals surface area (Å²) in [6.45, 7) is 6.49. The van der Waals surface area contributed by atoms with Crippen LogP contribution in [0.5, 0.6) is 5.75 Å². The molecule has 0 radical (unpaired) electrons. The highest BCUT2D eigenvalue weighted by atomic mass is 32.1. The van der Waals surface area contributed by atoms with Gasteiger partial charge in [0.1, 0.15) is 5.75 Å². The standard InChI is InChI=1S/C20H21N3O3S2/c1-4-21-18(24)10-26-15-7-5-14(6-8-15)19(25)23-20-22-17(11-27-20)16-9-12(2)28-13(16)3/h5-9,11H,4,10H2,1-3H3,(H,21,24)(H,22,23,25). The van der Waals surface area contributed by atoms with Crippen molar-refractivity contribution >= 4 is 39.6 Å². The van der Waals surface area contributed by atoms with Gasteiger partial charge in [0, 0.05) is 32.8 Å². The van der Waals surface area contributed by atoms with E-state index in [0.717, 1.165) is 11.3 Å². The van der Waals surface area contributed by atoms with Crippen molar-refractivity contribution in [1.82, 2.24) is 10.3 Å². The molecule has 3 aromatic rings. The second-order valence-electron chi connectivity index (χ2n) is 6.09. The van der Waals surface area contributed by atoms with Gasteiger partial charge in [-0.05, 0) is 51.1 Å². The molecule has 0 aliphatic heterocycles. The number of thiophene rings is 1. The number of rotatable bonds is 7. The predicted molar refractivity (Wildman–Crippen MR) is 113 cm³/mol. The number of aryl methyl sites for hydroxylation is 2. The van der Waals surface area contributed by atoms with Gasteiger partial charge in [-0.15, -0.1) is 22.7 Å². The van der Waals surface area contributed by atoms with Gasteiger partial charge in [0.2, 0.25) is 0 Å². The number of aromatic nitrogens is 1. The number of hydrogen-bond donors (Lipinski definition) is 2. The Hall–Kier alpha value is -2.71. The average molecular weight is 416 g/mol. The molecule has 8 heteroatoms. The maximum Gasteiger partial charge on any atom is 0.257 e. The Labute approximate surface area is 171 Å². The molecule has 0 bridgehead atoms. The summed E-state index contributed by atoms with van der Waals surface area (Å²) >= 11 is 3.13. The lowest BCUT2D eigenvalue weighted by molar-refractivity contribution is -0.122. The number of benzene rings is 1. The summed E-state index contributed by atoms with van der Waals surface area (Å²) in [6, 6.07) is 8.75. The van der Waals surface area contributed by atoms with Gasteiger partial charge >= 0.3 is 0 Å². The first-order chi connectivity index (χ1) is 13.5. The summed E-state index contributed by atoms with van der Waals surface area (Å²) in [6.07, 6.45) is 0. The smallest absolute Gasteiger partial charge is 0.257 e. The van der Waals surface area contributed by atoms with Crippen molar-refractivity contribution < 1.29 is 14.3 Å². The molecule has 2 amide bonds. The molecule has 2 N–H and O–H groups in total. The number of nitrogens with one attached hydrogen (secondary N) is 2. The molecule has 2 aromatic heterocycles. The Morgan fingerprint density at radius 1 is 1.18 bits per heavy atom. The van der Waals surface area contributed by atoms with E-state index in [1.54, 1.807) is 35.6 Å². The number of thiazole rings is 1. The van der Waals surface area contributed by atoms with Crippen molar-refractivity contribution in [3.8, 4) is 17.0 Å². The van der Waals surface area contributed by atoms with Crippen LogP contribution in [0.15, 0.2) is 35.7 Å². The van der Waals surface area contributed by atoms with E-state index in [4.69, 9.17) is 4.74 Å².